The Labute approximate surface area is 175 Å². The van der Waals surface area contributed by atoms with Crippen LogP contribution in [-0.2, 0) is 7.05 Å². The molecule has 0 aliphatic heterocycles. The second kappa shape index (κ2) is 8.59. The Balaban J connectivity index is 2.07. The molecule has 0 fully saturated rings. The quantitative estimate of drug-likeness (QED) is 0.446. The SMILES string of the molecule is CCCN(CCC)c1cccc2nc(Nc3c(Cl)cc(Cl)cc3Cl)n(C)c12. The summed E-state index contributed by atoms with van der Waals surface area (Å²) in [5, 5.41) is 4.68. The molecule has 0 amide bonds. The largest absolute Gasteiger partial charge is 0.370 e. The number of anilines is 3. The van der Waals surface area contributed by atoms with E-state index in [9.17, 15) is 0 Å². The highest BCUT2D eigenvalue weighted by molar-refractivity contribution is 6.41. The highest BCUT2D eigenvalue weighted by Crippen LogP contribution is 2.37. The fourth-order valence-corrected chi connectivity index (χ4v) is 4.19. The average Bonchev–Trinajstić information content (AvgIpc) is 2.94. The fraction of sp³-hybridized carbons (Fsp3) is 0.350. The molecule has 0 spiro atoms. The third-order valence-corrected chi connectivity index (χ3v) is 5.26. The highest BCUT2D eigenvalue weighted by atomic mass is 35.5. The van der Waals surface area contributed by atoms with Crippen molar-refractivity contribution >= 4 is 63.2 Å². The van der Waals surface area contributed by atoms with Crippen molar-refractivity contribution in [2.24, 2.45) is 7.05 Å². The Bertz CT molecular complexity index is 923. The molecule has 4 nitrogen and oxygen atoms in total. The van der Waals surface area contributed by atoms with Crippen molar-refractivity contribution in [3.63, 3.8) is 0 Å². The maximum Gasteiger partial charge on any atom is 0.208 e. The molecule has 3 aromatic rings. The molecule has 0 saturated heterocycles. The van der Waals surface area contributed by atoms with Crippen LogP contribution in [0.25, 0.3) is 11.0 Å². The van der Waals surface area contributed by atoms with Crippen molar-refractivity contribution in [2.75, 3.05) is 23.3 Å². The molecule has 0 saturated carbocycles. The summed E-state index contributed by atoms with van der Waals surface area (Å²) in [6, 6.07) is 9.55. The predicted octanol–water partition coefficient (Wildman–Crippen LogP) is 6.90. The molecule has 1 aromatic heterocycles. The maximum atomic E-state index is 6.32. The van der Waals surface area contributed by atoms with Crippen LogP contribution < -0.4 is 10.2 Å². The van der Waals surface area contributed by atoms with Crippen LogP contribution in [0.4, 0.5) is 17.3 Å². The summed E-state index contributed by atoms with van der Waals surface area (Å²) in [5.41, 5.74) is 3.80. The maximum absolute atomic E-state index is 6.32. The third kappa shape index (κ3) is 4.13. The first kappa shape index (κ1) is 20.1. The number of benzene rings is 2. The highest BCUT2D eigenvalue weighted by Gasteiger charge is 2.17. The Morgan fingerprint density at radius 1 is 1.04 bits per heavy atom. The first-order valence-corrected chi connectivity index (χ1v) is 10.2. The summed E-state index contributed by atoms with van der Waals surface area (Å²) < 4.78 is 2.05. The zero-order valence-electron chi connectivity index (χ0n) is 15.7. The monoisotopic (exact) mass is 424 g/mol. The van der Waals surface area contributed by atoms with Gasteiger partial charge in [0, 0.05) is 25.2 Å². The van der Waals surface area contributed by atoms with Gasteiger partial charge in [0.25, 0.3) is 0 Å². The molecule has 144 valence electrons. The lowest BCUT2D eigenvalue weighted by Crippen LogP contribution is -2.25. The molecule has 1 N–H and O–H groups in total. The molecular weight excluding hydrogens is 403 g/mol. The van der Waals surface area contributed by atoms with E-state index in [0.29, 0.717) is 26.7 Å². The van der Waals surface area contributed by atoms with Crippen LogP contribution in [-0.4, -0.2) is 22.6 Å². The lowest BCUT2D eigenvalue weighted by Gasteiger charge is -2.25. The van der Waals surface area contributed by atoms with Gasteiger partial charge in [0.2, 0.25) is 5.95 Å². The Kier molecular flexibility index (Phi) is 6.40. The van der Waals surface area contributed by atoms with E-state index in [4.69, 9.17) is 39.8 Å². The minimum atomic E-state index is 0.457. The second-order valence-corrected chi connectivity index (χ2v) is 7.75. The van der Waals surface area contributed by atoms with Crippen LogP contribution in [0.2, 0.25) is 15.1 Å². The van der Waals surface area contributed by atoms with Crippen molar-refractivity contribution in [3.8, 4) is 0 Å². The van der Waals surface area contributed by atoms with Gasteiger partial charge in [0.15, 0.2) is 0 Å². The van der Waals surface area contributed by atoms with Gasteiger partial charge in [0.1, 0.15) is 0 Å². The number of hydrogen-bond acceptors (Lipinski definition) is 3. The van der Waals surface area contributed by atoms with Crippen LogP contribution in [0.5, 0.6) is 0 Å². The minimum absolute atomic E-state index is 0.457. The summed E-state index contributed by atoms with van der Waals surface area (Å²) in [6.07, 6.45) is 2.19. The number of fused-ring (bicyclic) bond motifs is 1. The molecule has 1 heterocycles. The third-order valence-electron chi connectivity index (χ3n) is 4.44. The summed E-state index contributed by atoms with van der Waals surface area (Å²) >= 11 is 18.7. The lowest BCUT2D eigenvalue weighted by atomic mass is 10.2. The van der Waals surface area contributed by atoms with Crippen LogP contribution >= 0.6 is 34.8 Å². The van der Waals surface area contributed by atoms with Gasteiger partial charge >= 0.3 is 0 Å². The minimum Gasteiger partial charge on any atom is -0.370 e. The van der Waals surface area contributed by atoms with Crippen LogP contribution in [0.3, 0.4) is 0 Å². The summed E-state index contributed by atoms with van der Waals surface area (Å²) in [5.74, 6) is 0.677. The smallest absolute Gasteiger partial charge is 0.208 e. The van der Waals surface area contributed by atoms with Crippen LogP contribution in [0.1, 0.15) is 26.7 Å². The molecule has 7 heteroatoms. The van der Waals surface area contributed by atoms with Gasteiger partial charge in [-0.25, -0.2) is 4.98 Å². The van der Waals surface area contributed by atoms with E-state index in [-0.39, 0.29) is 0 Å². The lowest BCUT2D eigenvalue weighted by molar-refractivity contribution is 0.745. The van der Waals surface area contributed by atoms with E-state index < -0.39 is 0 Å². The van der Waals surface area contributed by atoms with E-state index in [0.717, 1.165) is 37.0 Å². The van der Waals surface area contributed by atoms with Gasteiger partial charge in [-0.05, 0) is 37.1 Å². The number of para-hydroxylation sites is 1. The summed E-state index contributed by atoms with van der Waals surface area (Å²) in [7, 11) is 2.00. The number of nitrogens with zero attached hydrogens (tertiary/aromatic N) is 3. The molecule has 0 unspecified atom stereocenters. The van der Waals surface area contributed by atoms with Gasteiger partial charge < -0.3 is 14.8 Å². The van der Waals surface area contributed by atoms with Gasteiger partial charge in [-0.3, -0.25) is 0 Å². The average molecular weight is 426 g/mol. The molecule has 0 bridgehead atoms. The molecule has 0 aliphatic carbocycles. The molecule has 2 aromatic carbocycles. The normalized spacial score (nSPS) is 11.2. The molecule has 0 aliphatic rings. The number of halogens is 3. The predicted molar refractivity (Wildman–Crippen MR) is 118 cm³/mol. The van der Waals surface area contributed by atoms with Crippen LogP contribution in [0, 0.1) is 0 Å². The molecule has 0 radical (unpaired) electrons. The topological polar surface area (TPSA) is 33.1 Å². The number of aromatic nitrogens is 2. The molecule has 3 rings (SSSR count). The van der Waals surface area contributed by atoms with Crippen LogP contribution in [0.15, 0.2) is 30.3 Å². The molecule has 0 atom stereocenters. The number of aryl methyl sites for hydroxylation is 1. The van der Waals surface area contributed by atoms with Crippen molar-refractivity contribution < 1.29 is 0 Å². The van der Waals surface area contributed by atoms with Gasteiger partial charge in [-0.1, -0.05) is 54.7 Å². The first-order chi connectivity index (χ1) is 13.0. The van der Waals surface area contributed by atoms with Gasteiger partial charge in [-0.15, -0.1) is 0 Å². The van der Waals surface area contributed by atoms with Gasteiger partial charge in [-0.2, -0.15) is 0 Å². The second-order valence-electron chi connectivity index (χ2n) is 6.50. The first-order valence-electron chi connectivity index (χ1n) is 9.08. The standard InChI is InChI=1S/C20H23Cl3N4/c1-4-9-27(10-5-2)17-8-6-7-16-19(17)26(3)20(24-16)25-18-14(22)11-13(21)12-15(18)23/h6-8,11-12H,4-5,9-10H2,1-3H3,(H,24,25). The fourth-order valence-electron chi connectivity index (χ4n) is 3.28. The Morgan fingerprint density at radius 3 is 2.26 bits per heavy atom. The van der Waals surface area contributed by atoms with E-state index in [2.05, 4.69) is 36.2 Å². The number of hydrogen-bond donors (Lipinski definition) is 1. The van der Waals surface area contributed by atoms with E-state index in [1.165, 1.54) is 5.69 Å². The zero-order chi connectivity index (χ0) is 19.6. The van der Waals surface area contributed by atoms with Crippen molar-refractivity contribution in [1.29, 1.82) is 0 Å². The van der Waals surface area contributed by atoms with Crippen molar-refractivity contribution in [2.45, 2.75) is 26.7 Å². The van der Waals surface area contributed by atoms with Crippen molar-refractivity contribution in [3.05, 3.63) is 45.4 Å². The molecular formula is C20H23Cl3N4. The van der Waals surface area contributed by atoms with E-state index in [1.54, 1.807) is 12.1 Å². The summed E-state index contributed by atoms with van der Waals surface area (Å²) in [6.45, 7) is 6.42. The number of rotatable bonds is 7. The van der Waals surface area contributed by atoms with E-state index in [1.807, 2.05) is 17.7 Å². The van der Waals surface area contributed by atoms with Gasteiger partial charge in [0.05, 0.1) is 32.5 Å². The van der Waals surface area contributed by atoms with Crippen molar-refractivity contribution in [1.82, 2.24) is 9.55 Å². The Morgan fingerprint density at radius 2 is 1.67 bits per heavy atom. The number of nitrogens with one attached hydrogen (secondary N) is 1. The molecule has 27 heavy (non-hydrogen) atoms. The Hall–Kier alpha value is -1.62. The zero-order valence-corrected chi connectivity index (χ0v) is 18.0. The number of imidazole rings is 1. The van der Waals surface area contributed by atoms with E-state index >= 15 is 0 Å². The summed E-state index contributed by atoms with van der Waals surface area (Å²) in [4.78, 5) is 7.16.